The molecule has 12 nitrogen and oxygen atoms in total. The predicted octanol–water partition coefficient (Wildman–Crippen LogP) is 7.02. The van der Waals surface area contributed by atoms with Crippen LogP contribution >= 0.6 is 11.6 Å². The van der Waals surface area contributed by atoms with Crippen molar-refractivity contribution in [1.29, 1.82) is 0 Å². The summed E-state index contributed by atoms with van der Waals surface area (Å²) in [7, 11) is 1.19. The van der Waals surface area contributed by atoms with E-state index in [-0.39, 0.29) is 36.1 Å². The fourth-order valence-corrected chi connectivity index (χ4v) is 6.38. The van der Waals surface area contributed by atoms with E-state index in [1.54, 1.807) is 30.3 Å². The van der Waals surface area contributed by atoms with Crippen LogP contribution in [0.25, 0.3) is 5.65 Å². The lowest BCUT2D eigenvalue weighted by Crippen LogP contribution is -2.30. The highest BCUT2D eigenvalue weighted by molar-refractivity contribution is 6.34. The molecule has 0 saturated heterocycles. The number of hydrogen-bond donors (Lipinski definition) is 3. The van der Waals surface area contributed by atoms with Gasteiger partial charge < -0.3 is 25.8 Å². The SMILES string of the molecule is C.COC(=O)c1cc(C(=O)N[C@H]2CCc3c2ccc(C(=O)OC(C)(C)C)c3C)n2ncc(C(=O)Nc3ccccc3Cl)c2n1.NC1CCCCC1. The molecule has 0 spiro atoms. The van der Waals surface area contributed by atoms with Crippen molar-refractivity contribution in [3.63, 3.8) is 0 Å². The third-order valence-electron chi connectivity index (χ3n) is 8.73. The lowest BCUT2D eigenvalue weighted by molar-refractivity contribution is 0.00681. The number of amides is 2. The lowest BCUT2D eigenvalue weighted by atomic mass is 9.97. The van der Waals surface area contributed by atoms with Crippen LogP contribution in [-0.2, 0) is 15.9 Å². The Morgan fingerprint density at radius 1 is 0.961 bits per heavy atom. The minimum absolute atomic E-state index is 0. The van der Waals surface area contributed by atoms with Crippen LogP contribution in [0.2, 0.25) is 5.02 Å². The zero-order valence-corrected chi connectivity index (χ0v) is 29.7. The van der Waals surface area contributed by atoms with Crippen molar-refractivity contribution in [3.05, 3.63) is 92.9 Å². The first kappa shape index (κ1) is 39.0. The first-order valence-electron chi connectivity index (χ1n) is 16.7. The van der Waals surface area contributed by atoms with Crippen LogP contribution in [0.3, 0.4) is 0 Å². The minimum atomic E-state index is -0.785. The Hall–Kier alpha value is -4.81. The summed E-state index contributed by atoms with van der Waals surface area (Å²) in [4.78, 5) is 56.3. The van der Waals surface area contributed by atoms with Crippen LogP contribution in [0.5, 0.6) is 0 Å². The third-order valence-corrected chi connectivity index (χ3v) is 9.06. The van der Waals surface area contributed by atoms with Gasteiger partial charge in [-0.1, -0.05) is 56.5 Å². The first-order chi connectivity index (χ1) is 23.8. The number of benzene rings is 2. The van der Waals surface area contributed by atoms with Gasteiger partial charge in [-0.15, -0.1) is 0 Å². The Labute approximate surface area is 303 Å². The van der Waals surface area contributed by atoms with Crippen LogP contribution in [0.4, 0.5) is 5.69 Å². The molecule has 2 aromatic carbocycles. The molecule has 2 heterocycles. The number of nitrogens with two attached hydrogens (primary N) is 1. The lowest BCUT2D eigenvalue weighted by Gasteiger charge is -2.21. The average Bonchev–Trinajstić information content (AvgIpc) is 3.70. The van der Waals surface area contributed by atoms with Crippen molar-refractivity contribution in [3.8, 4) is 0 Å². The van der Waals surface area contributed by atoms with E-state index >= 15 is 0 Å². The molecular weight excluding hydrogens is 672 g/mol. The number of anilines is 1. The second-order valence-electron chi connectivity index (χ2n) is 13.5. The molecule has 1 fully saturated rings. The van der Waals surface area contributed by atoms with Crippen LogP contribution in [0.15, 0.2) is 48.7 Å². The number of methoxy groups -OCH3 is 1. The number of ether oxygens (including phenoxy) is 2. The number of para-hydroxylation sites is 1. The fourth-order valence-electron chi connectivity index (χ4n) is 6.20. The normalized spacial score (nSPS) is 15.5. The number of hydrogen-bond acceptors (Lipinski definition) is 9. The monoisotopic (exact) mass is 718 g/mol. The van der Waals surface area contributed by atoms with E-state index in [0.29, 0.717) is 35.2 Å². The summed E-state index contributed by atoms with van der Waals surface area (Å²) in [6.45, 7) is 7.31. The number of rotatable bonds is 6. The number of nitrogens with zero attached hydrogens (tertiary/aromatic N) is 3. The molecule has 51 heavy (non-hydrogen) atoms. The highest BCUT2D eigenvalue weighted by Crippen LogP contribution is 2.35. The zero-order valence-electron chi connectivity index (χ0n) is 29.0. The number of aromatic nitrogens is 3. The number of fused-ring (bicyclic) bond motifs is 2. The van der Waals surface area contributed by atoms with E-state index in [1.807, 2.05) is 33.8 Å². The topological polar surface area (TPSA) is 167 Å². The molecule has 1 saturated carbocycles. The number of carbonyl (C=O) groups excluding carboxylic acids is 4. The predicted molar refractivity (Wildman–Crippen MR) is 196 cm³/mol. The summed E-state index contributed by atoms with van der Waals surface area (Å²) in [6.07, 6.45) is 9.17. The summed E-state index contributed by atoms with van der Waals surface area (Å²) >= 11 is 6.19. The largest absolute Gasteiger partial charge is 0.464 e. The van der Waals surface area contributed by atoms with Crippen molar-refractivity contribution < 1.29 is 28.7 Å². The molecule has 0 radical (unpaired) electrons. The molecule has 0 aliphatic heterocycles. The molecule has 4 N–H and O–H groups in total. The highest BCUT2D eigenvalue weighted by atomic mass is 35.5. The van der Waals surface area contributed by atoms with Gasteiger partial charge in [-0.2, -0.15) is 5.10 Å². The molecule has 6 rings (SSSR count). The molecular formula is C38H47ClN6O6. The number of carbonyl (C=O) groups is 4. The fraction of sp³-hybridized carbons (Fsp3) is 0.421. The van der Waals surface area contributed by atoms with E-state index in [1.165, 1.54) is 56.0 Å². The van der Waals surface area contributed by atoms with Gasteiger partial charge in [0.05, 0.1) is 35.6 Å². The molecule has 272 valence electrons. The van der Waals surface area contributed by atoms with Gasteiger partial charge in [0, 0.05) is 12.1 Å². The average molecular weight is 719 g/mol. The minimum Gasteiger partial charge on any atom is -0.464 e. The molecule has 13 heteroatoms. The molecule has 4 aromatic rings. The Balaban J connectivity index is 0.000000652. The first-order valence-corrected chi connectivity index (χ1v) is 17.1. The zero-order chi connectivity index (χ0) is 36.2. The number of esters is 2. The van der Waals surface area contributed by atoms with E-state index in [0.717, 1.165) is 16.7 Å². The van der Waals surface area contributed by atoms with Gasteiger partial charge in [-0.25, -0.2) is 19.1 Å². The van der Waals surface area contributed by atoms with Gasteiger partial charge >= 0.3 is 11.9 Å². The quantitative estimate of drug-likeness (QED) is 0.178. The van der Waals surface area contributed by atoms with Crippen molar-refractivity contribution in [1.82, 2.24) is 19.9 Å². The summed E-state index contributed by atoms with van der Waals surface area (Å²) in [5, 5.41) is 10.3. The third kappa shape index (κ3) is 9.11. The summed E-state index contributed by atoms with van der Waals surface area (Å²) in [6, 6.07) is 11.7. The Bertz CT molecular complexity index is 1930. The maximum Gasteiger partial charge on any atom is 0.356 e. The Kier molecular flexibility index (Phi) is 12.6. The maximum atomic E-state index is 13.7. The van der Waals surface area contributed by atoms with Gasteiger partial charge in [0.25, 0.3) is 11.8 Å². The molecule has 0 unspecified atom stereocenters. The van der Waals surface area contributed by atoms with E-state index in [9.17, 15) is 19.2 Å². The molecule has 2 amide bonds. The highest BCUT2D eigenvalue weighted by Gasteiger charge is 2.31. The van der Waals surface area contributed by atoms with Crippen LogP contribution in [-0.4, -0.2) is 57.1 Å². The van der Waals surface area contributed by atoms with E-state index < -0.39 is 29.4 Å². The molecule has 2 aromatic heterocycles. The summed E-state index contributed by atoms with van der Waals surface area (Å²) < 4.78 is 11.6. The van der Waals surface area contributed by atoms with Crippen molar-refractivity contribution in [2.75, 3.05) is 12.4 Å². The second kappa shape index (κ2) is 16.5. The Morgan fingerprint density at radius 2 is 1.67 bits per heavy atom. The second-order valence-corrected chi connectivity index (χ2v) is 13.9. The molecule has 1 atom stereocenters. The van der Waals surface area contributed by atoms with E-state index in [2.05, 4.69) is 20.7 Å². The molecule has 2 aliphatic rings. The maximum absolute atomic E-state index is 13.7. The smallest absolute Gasteiger partial charge is 0.356 e. The molecule has 2 aliphatic carbocycles. The van der Waals surface area contributed by atoms with Crippen LogP contribution in [0, 0.1) is 6.92 Å². The van der Waals surface area contributed by atoms with Gasteiger partial charge in [0.1, 0.15) is 16.9 Å². The summed E-state index contributed by atoms with van der Waals surface area (Å²) in [5.41, 5.74) is 8.37. The van der Waals surface area contributed by atoms with Gasteiger partial charge in [-0.3, -0.25) is 9.59 Å². The van der Waals surface area contributed by atoms with E-state index in [4.69, 9.17) is 26.8 Å². The van der Waals surface area contributed by atoms with Crippen LogP contribution < -0.4 is 16.4 Å². The van der Waals surface area contributed by atoms with Crippen molar-refractivity contribution >= 4 is 46.7 Å². The van der Waals surface area contributed by atoms with Gasteiger partial charge in [0.15, 0.2) is 11.3 Å². The number of halogens is 1. The van der Waals surface area contributed by atoms with Crippen molar-refractivity contribution in [2.45, 2.75) is 97.8 Å². The summed E-state index contributed by atoms with van der Waals surface area (Å²) in [5.74, 6) is -2.30. The van der Waals surface area contributed by atoms with Gasteiger partial charge in [0.2, 0.25) is 0 Å². The van der Waals surface area contributed by atoms with Crippen molar-refractivity contribution in [2.24, 2.45) is 5.73 Å². The molecule has 0 bridgehead atoms. The van der Waals surface area contributed by atoms with Gasteiger partial charge in [-0.05, 0) is 88.3 Å². The number of nitrogens with one attached hydrogen (secondary N) is 2. The standard InChI is InChI=1S/C31H30ClN5O6.C6H13N.CH4/c1-16-17-12-13-22(19(17)11-10-18(16)29(40)43-31(2,3)4)35-28(39)25-14-24(30(41)42-5)34-26-20(15-33-37(25)26)27(38)36-23-9-7-6-8-21(23)32;7-6-4-2-1-3-5-6;/h6-11,14-15,22H,12-13H2,1-5H3,(H,35,39)(H,36,38);6H,1-5,7H2;1H4/t22-;;/m0../s1. The Morgan fingerprint density at radius 3 is 2.29 bits per heavy atom. The van der Waals surface area contributed by atoms with Crippen LogP contribution in [0.1, 0.15) is 131 Å².